The van der Waals surface area contributed by atoms with Crippen LogP contribution in [0.4, 0.5) is 0 Å². The molecule has 7 nitrogen and oxygen atoms in total. The van der Waals surface area contributed by atoms with Crippen molar-refractivity contribution in [2.75, 3.05) is 6.61 Å². The van der Waals surface area contributed by atoms with E-state index < -0.39 is 0 Å². The molecule has 1 aliphatic rings. The SMILES string of the molecule is CCCCCCOc1c2cccc1Cc1cc(CC#N)cc(c1O)Cc1cc(CC#N)cc(c1O)Cc1cc(CC#N)cc(c1O)C2. The summed E-state index contributed by atoms with van der Waals surface area (Å²) in [4.78, 5) is 0. The molecule has 0 unspecified atom stereocenters. The topological polar surface area (TPSA) is 141 Å². The van der Waals surface area contributed by atoms with E-state index in [2.05, 4.69) is 25.1 Å². The molecule has 4 aromatic carbocycles. The van der Waals surface area contributed by atoms with E-state index in [1.165, 1.54) is 0 Å². The number of rotatable bonds is 9. The van der Waals surface area contributed by atoms with Crippen LogP contribution in [0.3, 0.4) is 0 Å². The minimum atomic E-state index is 0.0148. The quantitative estimate of drug-likeness (QED) is 0.143. The number of hydrogen-bond acceptors (Lipinski definition) is 7. The summed E-state index contributed by atoms with van der Waals surface area (Å²) >= 11 is 0. The predicted octanol–water partition coefficient (Wildman–Crippen LogP) is 7.64. The lowest BCUT2D eigenvalue weighted by Crippen LogP contribution is -2.07. The zero-order valence-corrected chi connectivity index (χ0v) is 26.8. The van der Waals surface area contributed by atoms with Crippen LogP contribution < -0.4 is 4.74 Å². The third kappa shape index (κ3) is 7.69. The van der Waals surface area contributed by atoms with E-state index in [9.17, 15) is 31.1 Å². The van der Waals surface area contributed by atoms with Gasteiger partial charge in [-0.3, -0.25) is 0 Å². The number of hydrogen-bond donors (Lipinski definition) is 3. The lowest BCUT2D eigenvalue weighted by atomic mass is 9.88. The monoisotopic (exact) mass is 625 g/mol. The highest BCUT2D eigenvalue weighted by molar-refractivity contribution is 5.57. The molecule has 0 saturated carbocycles. The average molecular weight is 626 g/mol. The Labute approximate surface area is 276 Å². The van der Waals surface area contributed by atoms with E-state index in [-0.39, 0.29) is 49.4 Å². The summed E-state index contributed by atoms with van der Waals surface area (Å²) in [5.41, 5.74) is 7.42. The molecule has 4 aromatic rings. The fraction of sp³-hybridized carbons (Fsp3) is 0.325. The summed E-state index contributed by atoms with van der Waals surface area (Å²) in [6, 6.07) is 23.4. The molecule has 0 fully saturated rings. The Morgan fingerprint density at radius 3 is 1.26 bits per heavy atom. The van der Waals surface area contributed by atoms with Crippen LogP contribution in [-0.4, -0.2) is 21.9 Å². The second-order valence-electron chi connectivity index (χ2n) is 12.3. The molecule has 0 amide bonds. The van der Waals surface area contributed by atoms with Gasteiger partial charge in [-0.1, -0.05) is 80.8 Å². The zero-order valence-electron chi connectivity index (χ0n) is 26.8. The molecule has 0 saturated heterocycles. The van der Waals surface area contributed by atoms with Crippen LogP contribution >= 0.6 is 0 Å². The van der Waals surface area contributed by atoms with Gasteiger partial charge < -0.3 is 20.1 Å². The Morgan fingerprint density at radius 1 is 0.553 bits per heavy atom. The standard InChI is InChI=1S/C40H39N3O4/c1-2-3-4-5-15-47-40-29-7-6-8-30(40)23-32-17-27(10-13-42)19-34(38(32)45)25-36-21-28(11-14-43)20-35(39(36)46)24-33-18-26(9-12-41)16-31(22-29)37(33)44/h6-8,16-21,44-46H,2-5,9-11,15,22-25H2,1H3. The largest absolute Gasteiger partial charge is 0.507 e. The average Bonchev–Trinajstić information content (AvgIpc) is 3.04. The summed E-state index contributed by atoms with van der Waals surface area (Å²) < 4.78 is 6.50. The van der Waals surface area contributed by atoms with Crippen LogP contribution in [0, 0.1) is 34.0 Å². The van der Waals surface area contributed by atoms with Crippen molar-refractivity contribution in [1.29, 1.82) is 15.8 Å². The van der Waals surface area contributed by atoms with Gasteiger partial charge in [0.15, 0.2) is 0 Å². The summed E-state index contributed by atoms with van der Waals surface area (Å²) in [6.45, 7) is 2.69. The van der Waals surface area contributed by atoms with Crippen LogP contribution in [0.15, 0.2) is 54.6 Å². The van der Waals surface area contributed by atoms with Gasteiger partial charge in [0.2, 0.25) is 0 Å². The van der Waals surface area contributed by atoms with E-state index in [0.717, 1.165) is 47.9 Å². The summed E-state index contributed by atoms with van der Waals surface area (Å²) in [5.74, 6) is 0.905. The fourth-order valence-corrected chi connectivity index (χ4v) is 6.51. The molecular weight excluding hydrogens is 586 g/mol. The van der Waals surface area contributed by atoms with Crippen molar-refractivity contribution in [3.05, 3.63) is 116 Å². The number of para-hydroxylation sites is 1. The molecular formula is C40H39N3O4. The van der Waals surface area contributed by atoms with Crippen LogP contribution in [0.25, 0.3) is 0 Å². The van der Waals surface area contributed by atoms with Crippen LogP contribution in [-0.2, 0) is 44.9 Å². The van der Waals surface area contributed by atoms with Crippen molar-refractivity contribution < 1.29 is 20.1 Å². The second-order valence-corrected chi connectivity index (χ2v) is 12.3. The molecule has 0 aromatic heterocycles. The summed E-state index contributed by atoms with van der Waals surface area (Å²) in [5, 5.41) is 63.5. The lowest BCUT2D eigenvalue weighted by Gasteiger charge is -2.20. The molecule has 0 radical (unpaired) electrons. The minimum Gasteiger partial charge on any atom is -0.507 e. The molecule has 238 valence electrons. The Hall–Kier alpha value is -5.45. The maximum Gasteiger partial charge on any atom is 0.126 e. The molecule has 1 aliphatic carbocycles. The first kappa shape index (κ1) is 32.9. The highest BCUT2D eigenvalue weighted by Gasteiger charge is 2.21. The molecule has 8 bridgehead atoms. The summed E-state index contributed by atoms with van der Waals surface area (Å²) in [7, 11) is 0. The molecule has 0 atom stereocenters. The molecule has 0 aliphatic heterocycles. The fourth-order valence-electron chi connectivity index (χ4n) is 6.51. The maximum atomic E-state index is 11.6. The Balaban J connectivity index is 1.74. The van der Waals surface area contributed by atoms with Gasteiger partial charge >= 0.3 is 0 Å². The van der Waals surface area contributed by atoms with Crippen LogP contribution in [0.1, 0.15) is 93.8 Å². The number of nitriles is 3. The number of fused-ring (bicyclic) bond motifs is 8. The molecule has 3 N–H and O–H groups in total. The third-order valence-electron chi connectivity index (χ3n) is 8.78. The smallest absolute Gasteiger partial charge is 0.126 e. The van der Waals surface area contributed by atoms with Gasteiger partial charge in [-0.2, -0.15) is 15.8 Å². The van der Waals surface area contributed by atoms with E-state index in [0.29, 0.717) is 64.1 Å². The summed E-state index contributed by atoms with van der Waals surface area (Å²) in [6.07, 6.45) is 5.65. The minimum absolute atomic E-state index is 0.0148. The van der Waals surface area contributed by atoms with Crippen molar-refractivity contribution in [3.8, 4) is 41.2 Å². The van der Waals surface area contributed by atoms with Gasteiger partial charge in [-0.15, -0.1) is 0 Å². The Morgan fingerprint density at radius 2 is 0.915 bits per heavy atom. The van der Waals surface area contributed by atoms with Gasteiger partial charge in [0.05, 0.1) is 44.1 Å². The second kappa shape index (κ2) is 15.2. The first-order valence-corrected chi connectivity index (χ1v) is 16.2. The first-order chi connectivity index (χ1) is 22.8. The normalized spacial score (nSPS) is 12.0. The van der Waals surface area contributed by atoms with E-state index in [4.69, 9.17) is 4.74 Å². The number of unbranched alkanes of at least 4 members (excludes halogenated alkanes) is 3. The Bertz CT molecular complexity index is 1790. The molecule has 5 rings (SSSR count). The van der Waals surface area contributed by atoms with Crippen molar-refractivity contribution >= 4 is 0 Å². The maximum absolute atomic E-state index is 11.6. The van der Waals surface area contributed by atoms with E-state index >= 15 is 0 Å². The van der Waals surface area contributed by atoms with Crippen LogP contribution in [0.2, 0.25) is 0 Å². The lowest BCUT2D eigenvalue weighted by molar-refractivity contribution is 0.300. The van der Waals surface area contributed by atoms with Gasteiger partial charge in [-0.25, -0.2) is 0 Å². The van der Waals surface area contributed by atoms with Crippen molar-refractivity contribution in [1.82, 2.24) is 0 Å². The van der Waals surface area contributed by atoms with Crippen molar-refractivity contribution in [2.24, 2.45) is 0 Å². The van der Waals surface area contributed by atoms with E-state index in [1.54, 1.807) is 24.3 Å². The van der Waals surface area contributed by atoms with Gasteiger partial charge in [0.25, 0.3) is 0 Å². The van der Waals surface area contributed by atoms with Crippen LogP contribution in [0.5, 0.6) is 23.0 Å². The Kier molecular flexibility index (Phi) is 10.7. The highest BCUT2D eigenvalue weighted by Crippen LogP contribution is 2.39. The van der Waals surface area contributed by atoms with Gasteiger partial charge in [0, 0.05) is 25.7 Å². The van der Waals surface area contributed by atoms with E-state index in [1.807, 2.05) is 30.3 Å². The number of benzene rings is 4. The first-order valence-electron chi connectivity index (χ1n) is 16.2. The number of ether oxygens (including phenoxy) is 1. The molecule has 0 heterocycles. The number of aromatic hydroxyl groups is 3. The number of nitrogens with zero attached hydrogens (tertiary/aromatic N) is 3. The van der Waals surface area contributed by atoms with Gasteiger partial charge in [-0.05, 0) is 67.6 Å². The van der Waals surface area contributed by atoms with Crippen molar-refractivity contribution in [3.63, 3.8) is 0 Å². The third-order valence-corrected chi connectivity index (χ3v) is 8.78. The predicted molar refractivity (Wildman–Crippen MR) is 180 cm³/mol. The number of phenols is 3. The molecule has 7 heteroatoms. The van der Waals surface area contributed by atoms with Gasteiger partial charge in [0.1, 0.15) is 23.0 Å². The van der Waals surface area contributed by atoms with Crippen molar-refractivity contribution in [2.45, 2.75) is 77.6 Å². The zero-order chi connectivity index (χ0) is 33.3. The molecule has 47 heavy (non-hydrogen) atoms. The number of phenolic OH excluding ortho intramolecular Hbond substituents is 3. The highest BCUT2D eigenvalue weighted by atomic mass is 16.5. The molecule has 0 spiro atoms.